The summed E-state index contributed by atoms with van der Waals surface area (Å²) in [6.45, 7) is 3.16. The van der Waals surface area contributed by atoms with Gasteiger partial charge in [0, 0.05) is 31.9 Å². The number of rotatable bonds is 8. The van der Waals surface area contributed by atoms with Crippen molar-refractivity contribution in [1.82, 2.24) is 14.6 Å². The molecule has 1 saturated heterocycles. The van der Waals surface area contributed by atoms with Crippen molar-refractivity contribution in [2.24, 2.45) is 5.10 Å². The molecule has 6 heteroatoms. The van der Waals surface area contributed by atoms with Crippen LogP contribution in [-0.2, 0) is 0 Å². The number of aromatic nitrogens is 2. The molecule has 6 nitrogen and oxygen atoms in total. The molecule has 1 aliphatic rings. The SMILES string of the molecule is c1ccc(OCCCOc2ccccc2C(=NN2CCCCCC2)n2ccnc2)cc1. The molecule has 0 aliphatic carbocycles. The van der Waals surface area contributed by atoms with Crippen LogP contribution in [-0.4, -0.2) is 46.7 Å². The largest absolute Gasteiger partial charge is 0.493 e. The molecule has 31 heavy (non-hydrogen) atoms. The summed E-state index contributed by atoms with van der Waals surface area (Å²) in [4.78, 5) is 4.23. The van der Waals surface area contributed by atoms with Crippen LogP contribution < -0.4 is 9.47 Å². The van der Waals surface area contributed by atoms with Crippen LogP contribution in [0.15, 0.2) is 78.4 Å². The maximum atomic E-state index is 6.15. The van der Waals surface area contributed by atoms with Crippen LogP contribution in [0.3, 0.4) is 0 Å². The Bertz CT molecular complexity index is 933. The molecule has 0 N–H and O–H groups in total. The first-order valence-corrected chi connectivity index (χ1v) is 11.1. The van der Waals surface area contributed by atoms with Gasteiger partial charge in [-0.3, -0.25) is 9.58 Å². The van der Waals surface area contributed by atoms with Crippen molar-refractivity contribution < 1.29 is 9.47 Å². The molecule has 4 rings (SSSR count). The lowest BCUT2D eigenvalue weighted by Crippen LogP contribution is -2.24. The summed E-state index contributed by atoms with van der Waals surface area (Å²) in [5.41, 5.74) is 0.966. The van der Waals surface area contributed by atoms with Crippen molar-refractivity contribution in [3.05, 3.63) is 78.9 Å². The first kappa shape index (κ1) is 21.0. The molecule has 162 valence electrons. The fourth-order valence-electron chi connectivity index (χ4n) is 3.64. The summed E-state index contributed by atoms with van der Waals surface area (Å²) in [6.07, 6.45) is 11.2. The number of para-hydroxylation sites is 2. The van der Waals surface area contributed by atoms with Gasteiger partial charge < -0.3 is 9.47 Å². The molecule has 0 saturated carbocycles. The second-order valence-corrected chi connectivity index (χ2v) is 7.62. The highest BCUT2D eigenvalue weighted by atomic mass is 16.5. The van der Waals surface area contributed by atoms with Crippen molar-refractivity contribution in [2.75, 3.05) is 26.3 Å². The van der Waals surface area contributed by atoms with E-state index in [1.54, 1.807) is 12.5 Å². The lowest BCUT2D eigenvalue weighted by Gasteiger charge is -2.20. The Balaban J connectivity index is 1.45. The zero-order chi connectivity index (χ0) is 21.1. The van der Waals surface area contributed by atoms with E-state index in [0.717, 1.165) is 42.4 Å². The first-order valence-electron chi connectivity index (χ1n) is 11.1. The van der Waals surface area contributed by atoms with Crippen LogP contribution in [0.2, 0.25) is 0 Å². The third-order valence-corrected chi connectivity index (χ3v) is 5.25. The lowest BCUT2D eigenvalue weighted by molar-refractivity contribution is 0.247. The molecular formula is C25H30N4O2. The number of hydrazone groups is 1. The van der Waals surface area contributed by atoms with Crippen LogP contribution in [0.5, 0.6) is 11.5 Å². The van der Waals surface area contributed by atoms with Gasteiger partial charge in [-0.2, -0.15) is 5.10 Å². The first-order chi connectivity index (χ1) is 15.4. The molecule has 2 heterocycles. The summed E-state index contributed by atoms with van der Waals surface area (Å²) >= 11 is 0. The summed E-state index contributed by atoms with van der Waals surface area (Å²) in [6, 6.07) is 17.9. The van der Waals surface area contributed by atoms with Crippen molar-refractivity contribution in [2.45, 2.75) is 32.1 Å². The molecule has 0 radical (unpaired) electrons. The molecule has 1 aliphatic heterocycles. The number of hydrogen-bond donors (Lipinski definition) is 0. The Morgan fingerprint density at radius 1 is 0.871 bits per heavy atom. The van der Waals surface area contributed by atoms with Crippen molar-refractivity contribution in [3.8, 4) is 11.5 Å². The topological polar surface area (TPSA) is 51.9 Å². The van der Waals surface area contributed by atoms with Crippen LogP contribution in [0, 0.1) is 0 Å². The summed E-state index contributed by atoms with van der Waals surface area (Å²) < 4.78 is 13.9. The molecule has 0 amide bonds. The maximum absolute atomic E-state index is 6.15. The third kappa shape index (κ3) is 6.10. The lowest BCUT2D eigenvalue weighted by atomic mass is 10.2. The van der Waals surface area contributed by atoms with E-state index in [4.69, 9.17) is 14.6 Å². The fraction of sp³-hybridized carbons (Fsp3) is 0.360. The average molecular weight is 419 g/mol. The van der Waals surface area contributed by atoms with E-state index in [1.807, 2.05) is 59.3 Å². The van der Waals surface area contributed by atoms with Gasteiger partial charge in [-0.05, 0) is 37.1 Å². The average Bonchev–Trinajstić information content (AvgIpc) is 3.22. The van der Waals surface area contributed by atoms with Gasteiger partial charge in [-0.15, -0.1) is 0 Å². The molecule has 1 aromatic heterocycles. The summed E-state index contributed by atoms with van der Waals surface area (Å²) in [5.74, 6) is 2.55. The highest BCUT2D eigenvalue weighted by molar-refractivity contribution is 6.02. The van der Waals surface area contributed by atoms with Crippen molar-refractivity contribution in [1.29, 1.82) is 0 Å². The Kier molecular flexibility index (Phi) is 7.58. The van der Waals surface area contributed by atoms with Gasteiger partial charge >= 0.3 is 0 Å². The highest BCUT2D eigenvalue weighted by Crippen LogP contribution is 2.21. The number of hydrogen-bond acceptors (Lipinski definition) is 5. The second-order valence-electron chi connectivity index (χ2n) is 7.62. The van der Waals surface area contributed by atoms with E-state index >= 15 is 0 Å². The molecule has 0 unspecified atom stereocenters. The minimum atomic E-state index is 0.574. The second kappa shape index (κ2) is 11.2. The highest BCUT2D eigenvalue weighted by Gasteiger charge is 2.15. The smallest absolute Gasteiger partial charge is 0.169 e. The quantitative estimate of drug-likeness (QED) is 0.299. The third-order valence-electron chi connectivity index (χ3n) is 5.25. The summed E-state index contributed by atoms with van der Waals surface area (Å²) in [5, 5.41) is 7.21. The zero-order valence-electron chi connectivity index (χ0n) is 17.9. The van der Waals surface area contributed by atoms with E-state index < -0.39 is 0 Å². The van der Waals surface area contributed by atoms with Crippen molar-refractivity contribution in [3.63, 3.8) is 0 Å². The zero-order valence-corrected chi connectivity index (χ0v) is 17.9. The standard InChI is InChI=1S/C25H30N4O2/c1-2-9-17-29(16-8-1)27-25(28-18-15-26-21-28)23-13-6-7-14-24(23)31-20-10-19-30-22-11-4-3-5-12-22/h3-7,11-15,18,21H,1-2,8-10,16-17,19-20H2. The van der Waals surface area contributed by atoms with Gasteiger partial charge in [0.25, 0.3) is 0 Å². The van der Waals surface area contributed by atoms with Gasteiger partial charge in [0.15, 0.2) is 5.84 Å². The van der Waals surface area contributed by atoms with Crippen LogP contribution in [0.25, 0.3) is 0 Å². The number of imidazole rings is 1. The molecule has 3 aromatic rings. The molecule has 0 atom stereocenters. The van der Waals surface area contributed by atoms with E-state index in [0.29, 0.717) is 13.2 Å². The molecule has 0 bridgehead atoms. The fourth-order valence-corrected chi connectivity index (χ4v) is 3.64. The Labute approximate surface area is 184 Å². The van der Waals surface area contributed by atoms with E-state index in [9.17, 15) is 0 Å². The molecule has 0 spiro atoms. The minimum absolute atomic E-state index is 0.574. The predicted octanol–water partition coefficient (Wildman–Crippen LogP) is 4.82. The van der Waals surface area contributed by atoms with Crippen LogP contribution >= 0.6 is 0 Å². The maximum Gasteiger partial charge on any atom is 0.169 e. The minimum Gasteiger partial charge on any atom is -0.493 e. The Hall–Kier alpha value is -3.28. The Morgan fingerprint density at radius 3 is 2.39 bits per heavy atom. The molecular weight excluding hydrogens is 388 g/mol. The number of nitrogens with zero attached hydrogens (tertiary/aromatic N) is 4. The predicted molar refractivity (Wildman–Crippen MR) is 123 cm³/mol. The van der Waals surface area contributed by atoms with E-state index in [-0.39, 0.29) is 0 Å². The van der Waals surface area contributed by atoms with Gasteiger partial charge in [0.1, 0.15) is 17.8 Å². The normalized spacial score (nSPS) is 14.8. The number of benzene rings is 2. The van der Waals surface area contributed by atoms with E-state index in [2.05, 4.69) is 16.1 Å². The van der Waals surface area contributed by atoms with Gasteiger partial charge in [0.2, 0.25) is 0 Å². The van der Waals surface area contributed by atoms with Crippen molar-refractivity contribution >= 4 is 5.84 Å². The van der Waals surface area contributed by atoms with Gasteiger partial charge in [0.05, 0.1) is 18.8 Å². The Morgan fingerprint density at radius 2 is 1.61 bits per heavy atom. The van der Waals surface area contributed by atoms with Crippen LogP contribution in [0.1, 0.15) is 37.7 Å². The number of ether oxygens (including phenoxy) is 2. The van der Waals surface area contributed by atoms with Crippen LogP contribution in [0.4, 0.5) is 0 Å². The van der Waals surface area contributed by atoms with E-state index in [1.165, 1.54) is 25.7 Å². The summed E-state index contributed by atoms with van der Waals surface area (Å²) in [7, 11) is 0. The monoisotopic (exact) mass is 418 g/mol. The molecule has 1 fully saturated rings. The van der Waals surface area contributed by atoms with Gasteiger partial charge in [-0.25, -0.2) is 4.98 Å². The van der Waals surface area contributed by atoms with Gasteiger partial charge in [-0.1, -0.05) is 43.2 Å². The molecule has 2 aromatic carbocycles.